The number of hydrogen-bond acceptors (Lipinski definition) is 2. The van der Waals surface area contributed by atoms with Crippen LogP contribution in [0.4, 0.5) is 0 Å². The van der Waals surface area contributed by atoms with Gasteiger partial charge in [0.2, 0.25) is 0 Å². The van der Waals surface area contributed by atoms with Gasteiger partial charge in [-0.2, -0.15) is 0 Å². The average molecular weight is 250 g/mol. The van der Waals surface area contributed by atoms with Crippen LogP contribution in [0.2, 0.25) is 0 Å². The van der Waals surface area contributed by atoms with Crippen molar-refractivity contribution in [1.29, 1.82) is 0 Å². The van der Waals surface area contributed by atoms with Crippen molar-refractivity contribution in [2.75, 3.05) is 0 Å². The van der Waals surface area contributed by atoms with Crippen LogP contribution in [-0.2, 0) is 6.61 Å². The van der Waals surface area contributed by atoms with Crippen LogP contribution in [0.15, 0.2) is 77.4 Å². The van der Waals surface area contributed by atoms with Gasteiger partial charge in [-0.25, -0.2) is 0 Å². The van der Waals surface area contributed by atoms with Crippen LogP contribution in [0.3, 0.4) is 0 Å². The molecule has 2 heteroatoms. The normalized spacial score (nSPS) is 10.3. The molecule has 3 aromatic rings. The Morgan fingerprint density at radius 3 is 2.26 bits per heavy atom. The van der Waals surface area contributed by atoms with Gasteiger partial charge in [0.1, 0.15) is 18.1 Å². The molecule has 0 radical (unpaired) electrons. The summed E-state index contributed by atoms with van der Waals surface area (Å²) < 4.78 is 11.1. The van der Waals surface area contributed by atoms with Crippen molar-refractivity contribution in [3.8, 4) is 17.1 Å². The maximum absolute atomic E-state index is 5.70. The molecule has 19 heavy (non-hydrogen) atoms. The van der Waals surface area contributed by atoms with E-state index in [0.29, 0.717) is 6.61 Å². The predicted octanol–water partition coefficient (Wildman–Crippen LogP) is 4.53. The molecule has 0 bridgehead atoms. The van der Waals surface area contributed by atoms with Crippen molar-refractivity contribution in [2.24, 2.45) is 0 Å². The van der Waals surface area contributed by atoms with Gasteiger partial charge >= 0.3 is 0 Å². The second-order valence-corrected chi connectivity index (χ2v) is 4.28. The largest absolute Gasteiger partial charge is 0.489 e. The molecule has 0 unspecified atom stereocenters. The highest BCUT2D eigenvalue weighted by atomic mass is 16.5. The molecule has 0 aliphatic carbocycles. The van der Waals surface area contributed by atoms with Crippen LogP contribution in [0.5, 0.6) is 5.75 Å². The Labute approximate surface area is 112 Å². The number of benzene rings is 2. The Morgan fingerprint density at radius 1 is 0.789 bits per heavy atom. The van der Waals surface area contributed by atoms with Gasteiger partial charge in [0.05, 0.1) is 6.26 Å². The summed E-state index contributed by atoms with van der Waals surface area (Å²) in [6, 6.07) is 21.9. The zero-order chi connectivity index (χ0) is 12.9. The molecule has 0 saturated heterocycles. The van der Waals surface area contributed by atoms with Gasteiger partial charge in [-0.1, -0.05) is 42.5 Å². The Morgan fingerprint density at radius 2 is 1.58 bits per heavy atom. The molecule has 0 saturated carbocycles. The van der Waals surface area contributed by atoms with Crippen molar-refractivity contribution in [1.82, 2.24) is 0 Å². The first-order chi connectivity index (χ1) is 9.42. The molecule has 0 aliphatic rings. The summed E-state index contributed by atoms with van der Waals surface area (Å²) in [5.74, 6) is 1.77. The van der Waals surface area contributed by atoms with Gasteiger partial charge in [-0.05, 0) is 29.8 Å². The lowest BCUT2D eigenvalue weighted by Gasteiger charge is -2.06. The number of para-hydroxylation sites is 1. The van der Waals surface area contributed by atoms with E-state index in [2.05, 4.69) is 12.1 Å². The fraction of sp³-hybridized carbons (Fsp3) is 0.0588. The molecule has 0 atom stereocenters. The molecule has 0 N–H and O–H groups in total. The molecule has 2 aromatic carbocycles. The van der Waals surface area contributed by atoms with Crippen LogP contribution in [0.1, 0.15) is 5.56 Å². The third-order valence-electron chi connectivity index (χ3n) is 2.91. The molecule has 0 fully saturated rings. The summed E-state index contributed by atoms with van der Waals surface area (Å²) in [6.07, 6.45) is 1.68. The van der Waals surface area contributed by atoms with Crippen LogP contribution in [0.25, 0.3) is 11.3 Å². The highest BCUT2D eigenvalue weighted by molar-refractivity contribution is 5.57. The van der Waals surface area contributed by atoms with Crippen molar-refractivity contribution < 1.29 is 9.15 Å². The second-order valence-electron chi connectivity index (χ2n) is 4.28. The van der Waals surface area contributed by atoms with E-state index >= 15 is 0 Å². The zero-order valence-electron chi connectivity index (χ0n) is 10.5. The highest BCUT2D eigenvalue weighted by Gasteiger charge is 2.00. The Balaban J connectivity index is 1.67. The van der Waals surface area contributed by atoms with Gasteiger partial charge in [-0.15, -0.1) is 0 Å². The molecular formula is C17H14O2. The highest BCUT2D eigenvalue weighted by Crippen LogP contribution is 2.20. The first-order valence-corrected chi connectivity index (χ1v) is 6.22. The minimum absolute atomic E-state index is 0.572. The van der Waals surface area contributed by atoms with E-state index in [1.807, 2.05) is 54.6 Å². The molecule has 0 spiro atoms. The van der Waals surface area contributed by atoms with Crippen LogP contribution >= 0.6 is 0 Å². The van der Waals surface area contributed by atoms with E-state index in [4.69, 9.17) is 9.15 Å². The minimum atomic E-state index is 0.572. The maximum atomic E-state index is 5.70. The lowest BCUT2D eigenvalue weighted by atomic mass is 10.1. The quantitative estimate of drug-likeness (QED) is 0.679. The van der Waals surface area contributed by atoms with E-state index in [1.54, 1.807) is 6.26 Å². The second kappa shape index (κ2) is 5.44. The monoisotopic (exact) mass is 250 g/mol. The molecular weight excluding hydrogens is 236 g/mol. The van der Waals surface area contributed by atoms with E-state index in [9.17, 15) is 0 Å². The van der Waals surface area contributed by atoms with Crippen molar-refractivity contribution >= 4 is 0 Å². The van der Waals surface area contributed by atoms with E-state index in [1.165, 1.54) is 0 Å². The summed E-state index contributed by atoms with van der Waals surface area (Å²) >= 11 is 0. The average Bonchev–Trinajstić information content (AvgIpc) is 3.01. The van der Waals surface area contributed by atoms with Crippen LogP contribution < -0.4 is 4.74 Å². The van der Waals surface area contributed by atoms with Crippen molar-refractivity contribution in [3.63, 3.8) is 0 Å². The first kappa shape index (κ1) is 11.6. The van der Waals surface area contributed by atoms with E-state index in [0.717, 1.165) is 22.6 Å². The van der Waals surface area contributed by atoms with Gasteiger partial charge in [0.15, 0.2) is 0 Å². The molecule has 3 rings (SSSR count). The van der Waals surface area contributed by atoms with Crippen LogP contribution in [-0.4, -0.2) is 0 Å². The fourth-order valence-corrected chi connectivity index (χ4v) is 1.89. The Kier molecular flexibility index (Phi) is 3.32. The molecule has 94 valence electrons. The third kappa shape index (κ3) is 2.86. The number of rotatable bonds is 4. The number of hydrogen-bond donors (Lipinski definition) is 0. The fourth-order valence-electron chi connectivity index (χ4n) is 1.89. The molecule has 0 aliphatic heterocycles. The number of furan rings is 1. The van der Waals surface area contributed by atoms with Crippen molar-refractivity contribution in [2.45, 2.75) is 6.61 Å². The van der Waals surface area contributed by atoms with E-state index < -0.39 is 0 Å². The molecule has 0 amide bonds. The van der Waals surface area contributed by atoms with E-state index in [-0.39, 0.29) is 0 Å². The predicted molar refractivity (Wildman–Crippen MR) is 74.9 cm³/mol. The first-order valence-electron chi connectivity index (χ1n) is 6.22. The zero-order valence-corrected chi connectivity index (χ0v) is 10.5. The Bertz CT molecular complexity index is 610. The number of ether oxygens (including phenoxy) is 1. The smallest absolute Gasteiger partial charge is 0.133 e. The SMILES string of the molecule is c1ccc(OCc2ccc(-c3ccco3)cc2)cc1. The summed E-state index contributed by atoms with van der Waals surface area (Å²) in [5, 5.41) is 0. The van der Waals surface area contributed by atoms with Gasteiger partial charge in [0, 0.05) is 5.56 Å². The maximum Gasteiger partial charge on any atom is 0.133 e. The van der Waals surface area contributed by atoms with Crippen LogP contribution in [0, 0.1) is 0 Å². The summed E-state index contributed by atoms with van der Waals surface area (Å²) in [5.41, 5.74) is 2.22. The Hall–Kier alpha value is -2.48. The standard InChI is InChI=1S/C17H14O2/c1-2-5-16(6-3-1)19-13-14-8-10-15(11-9-14)17-7-4-12-18-17/h1-12H,13H2. The lowest BCUT2D eigenvalue weighted by Crippen LogP contribution is -1.94. The third-order valence-corrected chi connectivity index (χ3v) is 2.91. The summed E-state index contributed by atoms with van der Waals surface area (Å²) in [6.45, 7) is 0.572. The molecule has 1 heterocycles. The minimum Gasteiger partial charge on any atom is -0.489 e. The lowest BCUT2D eigenvalue weighted by molar-refractivity contribution is 0.306. The summed E-state index contributed by atoms with van der Waals surface area (Å²) in [7, 11) is 0. The van der Waals surface area contributed by atoms with Gasteiger partial charge in [0.25, 0.3) is 0 Å². The van der Waals surface area contributed by atoms with Crippen molar-refractivity contribution in [3.05, 3.63) is 78.6 Å². The van der Waals surface area contributed by atoms with Gasteiger partial charge < -0.3 is 9.15 Å². The summed E-state index contributed by atoms with van der Waals surface area (Å²) in [4.78, 5) is 0. The van der Waals surface area contributed by atoms with Gasteiger partial charge in [-0.3, -0.25) is 0 Å². The molecule has 2 nitrogen and oxygen atoms in total. The molecule has 1 aromatic heterocycles. The topological polar surface area (TPSA) is 22.4 Å².